The molecule has 2 rings (SSSR count). The number of hydrogen-bond donors (Lipinski definition) is 2. The minimum absolute atomic E-state index is 0.578. The van der Waals surface area contributed by atoms with Crippen LogP contribution in [-0.4, -0.2) is 32.8 Å². The molecule has 0 aliphatic heterocycles. The van der Waals surface area contributed by atoms with Crippen molar-refractivity contribution in [2.45, 2.75) is 13.5 Å². The lowest BCUT2D eigenvalue weighted by molar-refractivity contribution is 0.203. The Balaban J connectivity index is 1.98. The summed E-state index contributed by atoms with van der Waals surface area (Å²) in [6, 6.07) is 17.7. The highest BCUT2D eigenvalue weighted by Crippen LogP contribution is 2.22. The Kier molecular flexibility index (Phi) is 7.63. The minimum Gasteiger partial charge on any atom is -0.457 e. The Morgan fingerprint density at radius 1 is 1.00 bits per heavy atom. The summed E-state index contributed by atoms with van der Waals surface area (Å²) >= 11 is 0. The van der Waals surface area contributed by atoms with Gasteiger partial charge in [-0.2, -0.15) is 0 Å². The maximum Gasteiger partial charge on any atom is 0.191 e. The van der Waals surface area contributed by atoms with Crippen LogP contribution in [0.4, 0.5) is 0 Å². The number of para-hydroxylation sites is 1. The Morgan fingerprint density at radius 3 is 2.54 bits per heavy atom. The Labute approximate surface area is 143 Å². The van der Waals surface area contributed by atoms with E-state index in [1.807, 2.05) is 61.5 Å². The van der Waals surface area contributed by atoms with Crippen molar-refractivity contribution in [1.29, 1.82) is 0 Å². The quantitative estimate of drug-likeness (QED) is 0.444. The van der Waals surface area contributed by atoms with Crippen molar-refractivity contribution in [1.82, 2.24) is 10.6 Å². The van der Waals surface area contributed by atoms with E-state index in [0.717, 1.165) is 36.1 Å². The van der Waals surface area contributed by atoms with Crippen LogP contribution in [0.2, 0.25) is 0 Å². The lowest BCUT2D eigenvalue weighted by atomic mass is 10.2. The molecule has 0 unspecified atom stereocenters. The van der Waals surface area contributed by atoms with E-state index >= 15 is 0 Å². The third-order valence-electron chi connectivity index (χ3n) is 3.24. The lowest BCUT2D eigenvalue weighted by Gasteiger charge is -2.11. The first kappa shape index (κ1) is 17.8. The molecule has 5 nitrogen and oxygen atoms in total. The number of aliphatic imine (C=N–C) groups is 1. The van der Waals surface area contributed by atoms with Crippen LogP contribution in [0.25, 0.3) is 0 Å². The number of nitrogens with zero attached hydrogens (tertiary/aromatic N) is 1. The van der Waals surface area contributed by atoms with E-state index in [1.54, 1.807) is 7.11 Å². The van der Waals surface area contributed by atoms with E-state index in [9.17, 15) is 0 Å². The van der Waals surface area contributed by atoms with Crippen LogP contribution in [0.3, 0.4) is 0 Å². The summed E-state index contributed by atoms with van der Waals surface area (Å²) in [5.41, 5.74) is 1.09. The molecule has 5 heteroatoms. The molecule has 0 aliphatic rings. The summed E-state index contributed by atoms with van der Waals surface area (Å²) in [7, 11) is 1.68. The molecule has 0 radical (unpaired) electrons. The number of methoxy groups -OCH3 is 1. The first-order valence-electron chi connectivity index (χ1n) is 8.14. The number of benzene rings is 2. The number of rotatable bonds is 8. The molecule has 2 aromatic rings. The topological polar surface area (TPSA) is 54.9 Å². The summed E-state index contributed by atoms with van der Waals surface area (Å²) in [5.74, 6) is 2.42. The summed E-state index contributed by atoms with van der Waals surface area (Å²) in [5, 5.41) is 6.45. The van der Waals surface area contributed by atoms with Gasteiger partial charge in [0.05, 0.1) is 13.2 Å². The molecule has 2 N–H and O–H groups in total. The molecule has 0 aliphatic carbocycles. The van der Waals surface area contributed by atoms with Crippen molar-refractivity contribution >= 4 is 5.96 Å². The smallest absolute Gasteiger partial charge is 0.191 e. The van der Waals surface area contributed by atoms with Crippen molar-refractivity contribution in [3.8, 4) is 11.5 Å². The SMILES string of the molecule is CCNC(=NCc1cccc(Oc2ccccc2)c1)NCCOC. The molecule has 0 fully saturated rings. The maximum atomic E-state index is 5.86. The van der Waals surface area contributed by atoms with Gasteiger partial charge in [0.1, 0.15) is 11.5 Å². The third kappa shape index (κ3) is 6.30. The second kappa shape index (κ2) is 10.3. The molecule has 2 aromatic carbocycles. The molecular weight excluding hydrogens is 302 g/mol. The third-order valence-corrected chi connectivity index (χ3v) is 3.24. The van der Waals surface area contributed by atoms with Gasteiger partial charge in [-0.1, -0.05) is 30.3 Å². The van der Waals surface area contributed by atoms with Crippen LogP contribution in [0.1, 0.15) is 12.5 Å². The van der Waals surface area contributed by atoms with Crippen molar-refractivity contribution in [2.75, 3.05) is 26.8 Å². The monoisotopic (exact) mass is 327 g/mol. The normalized spacial score (nSPS) is 11.2. The average molecular weight is 327 g/mol. The number of ether oxygens (including phenoxy) is 2. The standard InChI is InChI=1S/C19H25N3O2/c1-3-20-19(21-12-13-23-2)22-15-16-8-7-11-18(14-16)24-17-9-5-4-6-10-17/h4-11,14H,3,12-13,15H2,1-2H3,(H2,20,21,22). The predicted octanol–water partition coefficient (Wildman–Crippen LogP) is 3.18. The average Bonchev–Trinajstić information content (AvgIpc) is 2.61. The molecule has 0 spiro atoms. The van der Waals surface area contributed by atoms with E-state index in [1.165, 1.54) is 0 Å². The van der Waals surface area contributed by atoms with Crippen LogP contribution in [-0.2, 0) is 11.3 Å². The predicted molar refractivity (Wildman–Crippen MR) is 97.7 cm³/mol. The highest BCUT2D eigenvalue weighted by molar-refractivity contribution is 5.79. The molecule has 0 aromatic heterocycles. The molecule has 0 amide bonds. The van der Waals surface area contributed by atoms with E-state index in [0.29, 0.717) is 13.2 Å². The van der Waals surface area contributed by atoms with Crippen molar-refractivity contribution in [3.63, 3.8) is 0 Å². The van der Waals surface area contributed by atoms with Crippen molar-refractivity contribution in [2.24, 2.45) is 4.99 Å². The van der Waals surface area contributed by atoms with Crippen LogP contribution in [0.5, 0.6) is 11.5 Å². The zero-order valence-electron chi connectivity index (χ0n) is 14.3. The second-order valence-corrected chi connectivity index (χ2v) is 5.18. The van der Waals surface area contributed by atoms with Crippen LogP contribution in [0.15, 0.2) is 59.6 Å². The van der Waals surface area contributed by atoms with Gasteiger partial charge in [-0.15, -0.1) is 0 Å². The van der Waals surface area contributed by atoms with Crippen LogP contribution >= 0.6 is 0 Å². The fraction of sp³-hybridized carbons (Fsp3) is 0.316. The summed E-state index contributed by atoms with van der Waals surface area (Å²) < 4.78 is 10.9. The van der Waals surface area contributed by atoms with Gasteiger partial charge in [0.15, 0.2) is 5.96 Å². The molecular formula is C19H25N3O2. The summed E-state index contributed by atoms with van der Waals surface area (Å²) in [6.45, 7) is 4.80. The van der Waals surface area contributed by atoms with Gasteiger partial charge in [0, 0.05) is 20.2 Å². The Morgan fingerprint density at radius 2 is 1.79 bits per heavy atom. The van der Waals surface area contributed by atoms with Crippen LogP contribution < -0.4 is 15.4 Å². The van der Waals surface area contributed by atoms with Gasteiger partial charge in [-0.25, -0.2) is 4.99 Å². The number of nitrogens with one attached hydrogen (secondary N) is 2. The Bertz CT molecular complexity index is 630. The zero-order chi connectivity index (χ0) is 17.0. The fourth-order valence-corrected chi connectivity index (χ4v) is 2.12. The van der Waals surface area contributed by atoms with Gasteiger partial charge in [0.25, 0.3) is 0 Å². The van der Waals surface area contributed by atoms with Gasteiger partial charge < -0.3 is 20.1 Å². The molecule has 0 atom stereocenters. The highest BCUT2D eigenvalue weighted by atomic mass is 16.5. The fourth-order valence-electron chi connectivity index (χ4n) is 2.12. The van der Waals surface area contributed by atoms with E-state index in [2.05, 4.69) is 15.6 Å². The molecule has 0 heterocycles. The van der Waals surface area contributed by atoms with Gasteiger partial charge >= 0.3 is 0 Å². The molecule has 0 saturated heterocycles. The Hall–Kier alpha value is -2.53. The maximum absolute atomic E-state index is 5.86. The first-order chi connectivity index (χ1) is 11.8. The van der Waals surface area contributed by atoms with E-state index < -0.39 is 0 Å². The highest BCUT2D eigenvalue weighted by Gasteiger charge is 2.00. The van der Waals surface area contributed by atoms with Gasteiger partial charge in [-0.05, 0) is 36.8 Å². The van der Waals surface area contributed by atoms with E-state index in [-0.39, 0.29) is 0 Å². The molecule has 0 saturated carbocycles. The first-order valence-corrected chi connectivity index (χ1v) is 8.14. The second-order valence-electron chi connectivity index (χ2n) is 5.18. The lowest BCUT2D eigenvalue weighted by Crippen LogP contribution is -2.38. The summed E-state index contributed by atoms with van der Waals surface area (Å²) in [6.07, 6.45) is 0. The molecule has 128 valence electrons. The number of guanidine groups is 1. The van der Waals surface area contributed by atoms with Gasteiger partial charge in [0.2, 0.25) is 0 Å². The minimum atomic E-state index is 0.578. The van der Waals surface area contributed by atoms with Gasteiger partial charge in [-0.3, -0.25) is 0 Å². The van der Waals surface area contributed by atoms with E-state index in [4.69, 9.17) is 9.47 Å². The van der Waals surface area contributed by atoms with Crippen molar-refractivity contribution < 1.29 is 9.47 Å². The number of hydrogen-bond acceptors (Lipinski definition) is 3. The van der Waals surface area contributed by atoms with Crippen LogP contribution in [0, 0.1) is 0 Å². The summed E-state index contributed by atoms with van der Waals surface area (Å²) in [4.78, 5) is 4.59. The molecule has 24 heavy (non-hydrogen) atoms. The zero-order valence-corrected chi connectivity index (χ0v) is 14.3. The largest absolute Gasteiger partial charge is 0.457 e. The van der Waals surface area contributed by atoms with Crippen molar-refractivity contribution in [3.05, 3.63) is 60.2 Å². The molecule has 0 bridgehead atoms.